The summed E-state index contributed by atoms with van der Waals surface area (Å²) >= 11 is 0. The van der Waals surface area contributed by atoms with Crippen LogP contribution in [0, 0.1) is 5.82 Å². The van der Waals surface area contributed by atoms with Gasteiger partial charge in [-0.1, -0.05) is 12.1 Å². The molecular formula is C16H15FO3. The third-order valence-corrected chi connectivity index (χ3v) is 3.50. The van der Waals surface area contributed by atoms with Crippen LogP contribution in [0.4, 0.5) is 4.39 Å². The maximum atomic E-state index is 13.2. The number of hydrogen-bond donors (Lipinski definition) is 1. The maximum absolute atomic E-state index is 13.2. The van der Waals surface area contributed by atoms with Crippen LogP contribution >= 0.6 is 0 Å². The Morgan fingerprint density at radius 2 is 2.10 bits per heavy atom. The SMILES string of the molecule is COc1cccc(C2CC(O)c3cc(F)ccc3O2)c1. The normalized spacial score (nSPS) is 20.9. The van der Waals surface area contributed by atoms with Gasteiger partial charge in [-0.2, -0.15) is 0 Å². The number of rotatable bonds is 2. The summed E-state index contributed by atoms with van der Waals surface area (Å²) in [5.41, 5.74) is 1.43. The quantitative estimate of drug-likeness (QED) is 0.912. The number of fused-ring (bicyclic) bond motifs is 1. The number of halogens is 1. The second kappa shape index (κ2) is 5.13. The lowest BCUT2D eigenvalue weighted by atomic mass is 9.95. The lowest BCUT2D eigenvalue weighted by Gasteiger charge is -2.30. The van der Waals surface area contributed by atoms with Crippen molar-refractivity contribution >= 4 is 0 Å². The van der Waals surface area contributed by atoms with Gasteiger partial charge < -0.3 is 14.6 Å². The first-order valence-corrected chi connectivity index (χ1v) is 6.45. The molecule has 0 aliphatic carbocycles. The molecule has 1 aliphatic heterocycles. The highest BCUT2D eigenvalue weighted by Gasteiger charge is 2.28. The fourth-order valence-corrected chi connectivity index (χ4v) is 2.46. The fourth-order valence-electron chi connectivity index (χ4n) is 2.46. The van der Waals surface area contributed by atoms with Crippen molar-refractivity contribution in [2.75, 3.05) is 7.11 Å². The molecule has 0 fully saturated rings. The number of benzene rings is 2. The maximum Gasteiger partial charge on any atom is 0.127 e. The summed E-state index contributed by atoms with van der Waals surface area (Å²) in [5, 5.41) is 10.2. The van der Waals surface area contributed by atoms with E-state index in [9.17, 15) is 9.50 Å². The van der Waals surface area contributed by atoms with Crippen molar-refractivity contribution in [3.05, 3.63) is 59.4 Å². The van der Waals surface area contributed by atoms with Crippen LogP contribution in [0.25, 0.3) is 0 Å². The van der Waals surface area contributed by atoms with Crippen molar-refractivity contribution in [1.82, 2.24) is 0 Å². The number of hydrogen-bond acceptors (Lipinski definition) is 3. The molecule has 0 saturated carbocycles. The van der Waals surface area contributed by atoms with E-state index >= 15 is 0 Å². The zero-order chi connectivity index (χ0) is 14.1. The summed E-state index contributed by atoms with van der Waals surface area (Å²) < 4.78 is 24.3. The molecule has 104 valence electrons. The van der Waals surface area contributed by atoms with Crippen LogP contribution in [0.5, 0.6) is 11.5 Å². The highest BCUT2D eigenvalue weighted by atomic mass is 19.1. The zero-order valence-electron chi connectivity index (χ0n) is 11.0. The molecule has 2 aromatic carbocycles. The van der Waals surface area contributed by atoms with E-state index in [1.54, 1.807) is 13.2 Å². The van der Waals surface area contributed by atoms with Crippen LogP contribution in [-0.4, -0.2) is 12.2 Å². The smallest absolute Gasteiger partial charge is 0.127 e. The van der Waals surface area contributed by atoms with Crippen molar-refractivity contribution in [1.29, 1.82) is 0 Å². The van der Waals surface area contributed by atoms with Gasteiger partial charge in [0.1, 0.15) is 23.4 Å². The van der Waals surface area contributed by atoms with Crippen LogP contribution in [-0.2, 0) is 0 Å². The Morgan fingerprint density at radius 3 is 2.90 bits per heavy atom. The topological polar surface area (TPSA) is 38.7 Å². The van der Waals surface area contributed by atoms with E-state index in [1.807, 2.05) is 24.3 Å². The molecule has 3 nitrogen and oxygen atoms in total. The fraction of sp³-hybridized carbons (Fsp3) is 0.250. The minimum absolute atomic E-state index is 0.266. The van der Waals surface area contributed by atoms with E-state index in [4.69, 9.17) is 9.47 Å². The predicted molar refractivity (Wildman–Crippen MR) is 72.3 cm³/mol. The molecular weight excluding hydrogens is 259 g/mol. The third-order valence-electron chi connectivity index (χ3n) is 3.50. The van der Waals surface area contributed by atoms with E-state index in [0.29, 0.717) is 17.7 Å². The van der Waals surface area contributed by atoms with Crippen LogP contribution in [0.1, 0.15) is 29.8 Å². The average molecular weight is 274 g/mol. The highest BCUT2D eigenvalue weighted by molar-refractivity contribution is 5.39. The average Bonchev–Trinajstić information content (AvgIpc) is 2.48. The molecule has 2 unspecified atom stereocenters. The number of methoxy groups -OCH3 is 1. The van der Waals surface area contributed by atoms with Crippen LogP contribution < -0.4 is 9.47 Å². The summed E-state index contributed by atoms with van der Waals surface area (Å²) in [7, 11) is 1.60. The van der Waals surface area contributed by atoms with Crippen LogP contribution in [0.2, 0.25) is 0 Å². The Morgan fingerprint density at radius 1 is 1.25 bits per heavy atom. The van der Waals surface area contributed by atoms with Gasteiger partial charge in [0.2, 0.25) is 0 Å². The number of aliphatic hydroxyl groups excluding tert-OH is 1. The van der Waals surface area contributed by atoms with Gasteiger partial charge in [0, 0.05) is 12.0 Å². The molecule has 4 heteroatoms. The molecule has 1 N–H and O–H groups in total. The van der Waals surface area contributed by atoms with E-state index in [1.165, 1.54) is 12.1 Å². The second-order valence-corrected chi connectivity index (χ2v) is 4.82. The molecule has 0 spiro atoms. The van der Waals surface area contributed by atoms with Gasteiger partial charge in [-0.15, -0.1) is 0 Å². The highest BCUT2D eigenvalue weighted by Crippen LogP contribution is 2.41. The van der Waals surface area contributed by atoms with Gasteiger partial charge >= 0.3 is 0 Å². The van der Waals surface area contributed by atoms with Gasteiger partial charge in [-0.25, -0.2) is 4.39 Å². The zero-order valence-corrected chi connectivity index (χ0v) is 11.0. The summed E-state index contributed by atoms with van der Waals surface area (Å²) in [6.07, 6.45) is -0.604. The molecule has 20 heavy (non-hydrogen) atoms. The van der Waals surface area contributed by atoms with Gasteiger partial charge in [0.25, 0.3) is 0 Å². The monoisotopic (exact) mass is 274 g/mol. The van der Waals surface area contributed by atoms with Crippen LogP contribution in [0.3, 0.4) is 0 Å². The Balaban J connectivity index is 1.92. The molecule has 2 aromatic rings. The van der Waals surface area contributed by atoms with Gasteiger partial charge in [0.05, 0.1) is 13.2 Å². The molecule has 2 atom stereocenters. The second-order valence-electron chi connectivity index (χ2n) is 4.82. The van der Waals surface area contributed by atoms with Gasteiger partial charge in [-0.3, -0.25) is 0 Å². The molecule has 1 aliphatic rings. The van der Waals surface area contributed by atoms with E-state index in [-0.39, 0.29) is 11.9 Å². The number of aliphatic hydroxyl groups is 1. The Bertz CT molecular complexity index is 627. The summed E-state index contributed by atoms with van der Waals surface area (Å²) in [6.45, 7) is 0. The minimum Gasteiger partial charge on any atom is -0.497 e. The molecule has 3 rings (SSSR count). The predicted octanol–water partition coefficient (Wildman–Crippen LogP) is 3.39. The lowest BCUT2D eigenvalue weighted by molar-refractivity contribution is 0.0652. The minimum atomic E-state index is -0.731. The first-order valence-electron chi connectivity index (χ1n) is 6.45. The Hall–Kier alpha value is -2.07. The molecule has 0 bridgehead atoms. The lowest BCUT2D eigenvalue weighted by Crippen LogP contribution is -2.19. The first-order chi connectivity index (χ1) is 9.67. The Kier molecular flexibility index (Phi) is 3.32. The third kappa shape index (κ3) is 2.34. The van der Waals surface area contributed by atoms with Crippen molar-refractivity contribution in [2.45, 2.75) is 18.6 Å². The number of ether oxygens (including phenoxy) is 2. The van der Waals surface area contributed by atoms with Crippen molar-refractivity contribution in [3.8, 4) is 11.5 Å². The van der Waals surface area contributed by atoms with E-state index in [0.717, 1.165) is 11.3 Å². The molecule has 1 heterocycles. The van der Waals surface area contributed by atoms with E-state index < -0.39 is 6.10 Å². The van der Waals surface area contributed by atoms with Crippen molar-refractivity contribution < 1.29 is 19.0 Å². The van der Waals surface area contributed by atoms with Crippen molar-refractivity contribution in [2.24, 2.45) is 0 Å². The summed E-state index contributed by atoms with van der Waals surface area (Å²) in [5.74, 6) is 0.898. The van der Waals surface area contributed by atoms with Crippen molar-refractivity contribution in [3.63, 3.8) is 0 Å². The van der Waals surface area contributed by atoms with E-state index in [2.05, 4.69) is 0 Å². The molecule has 0 saturated heterocycles. The first kappa shape index (κ1) is 12.9. The molecule has 0 radical (unpaired) electrons. The Labute approximate surface area is 116 Å². The molecule has 0 amide bonds. The van der Waals surface area contributed by atoms with Gasteiger partial charge in [0.15, 0.2) is 0 Å². The van der Waals surface area contributed by atoms with Crippen LogP contribution in [0.15, 0.2) is 42.5 Å². The standard InChI is InChI=1S/C16H15FO3/c1-19-12-4-2-3-10(7-12)16-9-14(18)13-8-11(17)5-6-15(13)20-16/h2-8,14,16,18H,9H2,1H3. The van der Waals surface area contributed by atoms with Gasteiger partial charge in [-0.05, 0) is 35.9 Å². The summed E-state index contributed by atoms with van der Waals surface area (Å²) in [4.78, 5) is 0. The molecule has 0 aromatic heterocycles. The largest absolute Gasteiger partial charge is 0.497 e. The summed E-state index contributed by atoms with van der Waals surface area (Å²) in [6, 6.07) is 11.7.